The van der Waals surface area contributed by atoms with E-state index in [4.69, 9.17) is 11.6 Å². The number of hydrogen-bond donors (Lipinski definition) is 0. The summed E-state index contributed by atoms with van der Waals surface area (Å²) in [6.07, 6.45) is 1.29. The first kappa shape index (κ1) is 19.1. The number of halogens is 2. The molecule has 3 aromatic carbocycles. The molecule has 0 atom stereocenters. The molecular formula is C22H12ClFN2O2S. The zero-order valence-corrected chi connectivity index (χ0v) is 16.4. The molecule has 0 radical (unpaired) electrons. The summed E-state index contributed by atoms with van der Waals surface area (Å²) in [5.74, 6) is -0.530. The lowest BCUT2D eigenvalue weighted by atomic mass is 10.00. The average molecular weight is 423 g/mol. The number of sulfone groups is 1. The molecule has 0 spiro atoms. The second kappa shape index (κ2) is 7.28. The van der Waals surface area contributed by atoms with Crippen LogP contribution in [0.1, 0.15) is 5.56 Å². The second-order valence-electron chi connectivity index (χ2n) is 6.31. The maximum absolute atomic E-state index is 13.4. The molecule has 0 aliphatic carbocycles. The molecule has 0 aliphatic rings. The van der Waals surface area contributed by atoms with E-state index in [1.807, 2.05) is 0 Å². The summed E-state index contributed by atoms with van der Waals surface area (Å²) in [7, 11) is -4.00. The van der Waals surface area contributed by atoms with Gasteiger partial charge in [-0.05, 0) is 60.2 Å². The standard InChI is InChI=1S/C22H12ClFN2O2S/c23-16-4-2-15(3-5-16)22-19-11-14(12-25)1-10-20(19)26-13-21(22)29(27,28)18-8-6-17(24)7-9-18/h1-11,13H. The SMILES string of the molecule is N#Cc1ccc2ncc(S(=O)(=O)c3ccc(F)cc3)c(-c3ccc(Cl)cc3)c2c1. The van der Waals surface area contributed by atoms with Crippen LogP contribution in [0.4, 0.5) is 4.39 Å². The smallest absolute Gasteiger partial charge is 0.208 e. The van der Waals surface area contributed by atoms with Crippen LogP contribution in [0.15, 0.2) is 82.7 Å². The van der Waals surface area contributed by atoms with Crippen molar-refractivity contribution in [2.75, 3.05) is 0 Å². The van der Waals surface area contributed by atoms with Gasteiger partial charge in [-0.25, -0.2) is 12.8 Å². The maximum Gasteiger partial charge on any atom is 0.208 e. The zero-order valence-electron chi connectivity index (χ0n) is 14.8. The molecule has 0 saturated heterocycles. The van der Waals surface area contributed by atoms with Crippen LogP contribution in [-0.2, 0) is 9.84 Å². The van der Waals surface area contributed by atoms with Crippen LogP contribution < -0.4 is 0 Å². The molecule has 1 aromatic heterocycles. The van der Waals surface area contributed by atoms with E-state index in [2.05, 4.69) is 11.1 Å². The van der Waals surface area contributed by atoms with E-state index in [0.717, 1.165) is 12.1 Å². The van der Waals surface area contributed by atoms with Gasteiger partial charge in [-0.1, -0.05) is 23.7 Å². The van der Waals surface area contributed by atoms with Crippen LogP contribution in [-0.4, -0.2) is 13.4 Å². The van der Waals surface area contributed by atoms with Gasteiger partial charge in [0, 0.05) is 22.2 Å². The molecule has 4 aromatic rings. The van der Waals surface area contributed by atoms with E-state index in [1.165, 1.54) is 18.3 Å². The molecule has 0 saturated carbocycles. The highest BCUT2D eigenvalue weighted by molar-refractivity contribution is 7.91. The van der Waals surface area contributed by atoms with E-state index in [0.29, 0.717) is 32.6 Å². The third kappa shape index (κ3) is 3.46. The first-order valence-corrected chi connectivity index (χ1v) is 10.4. The fraction of sp³-hybridized carbons (Fsp3) is 0. The maximum atomic E-state index is 13.4. The molecule has 0 amide bonds. The minimum absolute atomic E-state index is 0.0333. The fourth-order valence-electron chi connectivity index (χ4n) is 3.10. The molecular weight excluding hydrogens is 411 g/mol. The fourth-order valence-corrected chi connectivity index (χ4v) is 4.66. The Hall–Kier alpha value is -3.27. The van der Waals surface area contributed by atoms with E-state index >= 15 is 0 Å². The minimum Gasteiger partial charge on any atom is -0.255 e. The summed E-state index contributed by atoms with van der Waals surface area (Å²) in [6.45, 7) is 0. The third-order valence-electron chi connectivity index (χ3n) is 4.51. The van der Waals surface area contributed by atoms with Crippen molar-refractivity contribution in [2.45, 2.75) is 9.79 Å². The molecule has 0 bridgehead atoms. The Morgan fingerprint density at radius 3 is 2.31 bits per heavy atom. The lowest BCUT2D eigenvalue weighted by molar-refractivity contribution is 0.595. The van der Waals surface area contributed by atoms with Gasteiger partial charge in [0.05, 0.1) is 26.9 Å². The van der Waals surface area contributed by atoms with Crippen molar-refractivity contribution in [3.63, 3.8) is 0 Å². The Morgan fingerprint density at radius 1 is 0.966 bits per heavy atom. The first-order chi connectivity index (χ1) is 13.9. The van der Waals surface area contributed by atoms with Crippen LogP contribution in [0.5, 0.6) is 0 Å². The summed E-state index contributed by atoms with van der Waals surface area (Å²) in [5.41, 5.74) is 1.95. The van der Waals surface area contributed by atoms with Crippen LogP contribution >= 0.6 is 11.6 Å². The number of benzene rings is 3. The molecule has 0 unspecified atom stereocenters. The van der Waals surface area contributed by atoms with Crippen LogP contribution in [0, 0.1) is 17.1 Å². The zero-order chi connectivity index (χ0) is 20.6. The Balaban J connectivity index is 2.08. The number of pyridine rings is 1. The van der Waals surface area contributed by atoms with Crippen LogP contribution in [0.2, 0.25) is 5.02 Å². The molecule has 1 heterocycles. The van der Waals surface area contributed by atoms with Crippen LogP contribution in [0.3, 0.4) is 0 Å². The lowest BCUT2D eigenvalue weighted by Gasteiger charge is -2.14. The predicted octanol–water partition coefficient (Wildman–Crippen LogP) is 5.40. The predicted molar refractivity (Wildman–Crippen MR) is 109 cm³/mol. The summed E-state index contributed by atoms with van der Waals surface area (Å²) in [4.78, 5) is 4.20. The summed E-state index contributed by atoms with van der Waals surface area (Å²) >= 11 is 6.00. The normalized spacial score (nSPS) is 11.3. The van der Waals surface area contributed by atoms with Crippen molar-refractivity contribution in [1.82, 2.24) is 4.98 Å². The van der Waals surface area contributed by atoms with Gasteiger partial charge in [-0.3, -0.25) is 4.98 Å². The van der Waals surface area contributed by atoms with Crippen molar-refractivity contribution < 1.29 is 12.8 Å². The highest BCUT2D eigenvalue weighted by Gasteiger charge is 2.25. The topological polar surface area (TPSA) is 70.8 Å². The first-order valence-electron chi connectivity index (χ1n) is 8.49. The van der Waals surface area contributed by atoms with Crippen molar-refractivity contribution in [3.8, 4) is 17.2 Å². The molecule has 0 fully saturated rings. The van der Waals surface area contributed by atoms with Gasteiger partial charge >= 0.3 is 0 Å². The Kier molecular flexibility index (Phi) is 4.79. The van der Waals surface area contributed by atoms with Crippen molar-refractivity contribution in [2.24, 2.45) is 0 Å². The number of rotatable bonds is 3. The summed E-state index contributed by atoms with van der Waals surface area (Å²) in [6, 6.07) is 18.3. The Labute approximate surface area is 171 Å². The minimum atomic E-state index is -4.00. The quantitative estimate of drug-likeness (QED) is 0.414. The monoisotopic (exact) mass is 422 g/mol. The average Bonchev–Trinajstić information content (AvgIpc) is 2.73. The highest BCUT2D eigenvalue weighted by Crippen LogP contribution is 2.37. The van der Waals surface area contributed by atoms with Crippen molar-refractivity contribution in [3.05, 3.63) is 89.3 Å². The lowest BCUT2D eigenvalue weighted by Crippen LogP contribution is -2.06. The van der Waals surface area contributed by atoms with Crippen molar-refractivity contribution >= 4 is 32.3 Å². The molecule has 7 heteroatoms. The van der Waals surface area contributed by atoms with E-state index < -0.39 is 15.7 Å². The van der Waals surface area contributed by atoms with Gasteiger partial charge in [-0.15, -0.1) is 0 Å². The van der Waals surface area contributed by atoms with Gasteiger partial charge in [0.15, 0.2) is 0 Å². The molecule has 29 heavy (non-hydrogen) atoms. The van der Waals surface area contributed by atoms with E-state index in [9.17, 15) is 18.1 Å². The van der Waals surface area contributed by atoms with Gasteiger partial charge < -0.3 is 0 Å². The van der Waals surface area contributed by atoms with E-state index in [1.54, 1.807) is 42.5 Å². The molecule has 0 aliphatic heterocycles. The largest absolute Gasteiger partial charge is 0.255 e. The highest BCUT2D eigenvalue weighted by atomic mass is 35.5. The summed E-state index contributed by atoms with van der Waals surface area (Å²) < 4.78 is 40.0. The second-order valence-corrected chi connectivity index (χ2v) is 8.66. The number of nitrogens with zero attached hydrogens (tertiary/aromatic N) is 2. The van der Waals surface area contributed by atoms with Gasteiger partial charge in [0.25, 0.3) is 0 Å². The third-order valence-corrected chi connectivity index (χ3v) is 6.54. The van der Waals surface area contributed by atoms with Gasteiger partial charge in [0.2, 0.25) is 9.84 Å². The number of fused-ring (bicyclic) bond motifs is 1. The van der Waals surface area contributed by atoms with Crippen molar-refractivity contribution in [1.29, 1.82) is 5.26 Å². The Bertz CT molecular complexity index is 1380. The molecule has 4 nitrogen and oxygen atoms in total. The van der Waals surface area contributed by atoms with Gasteiger partial charge in [-0.2, -0.15) is 5.26 Å². The molecule has 142 valence electrons. The molecule has 4 rings (SSSR count). The molecule has 0 N–H and O–H groups in total. The number of aromatic nitrogens is 1. The van der Waals surface area contributed by atoms with Crippen LogP contribution in [0.25, 0.3) is 22.0 Å². The van der Waals surface area contributed by atoms with E-state index in [-0.39, 0.29) is 9.79 Å². The number of nitriles is 1. The Morgan fingerprint density at radius 2 is 1.66 bits per heavy atom. The number of hydrogen-bond acceptors (Lipinski definition) is 4. The summed E-state index contributed by atoms with van der Waals surface area (Å²) in [5, 5.41) is 10.3. The van der Waals surface area contributed by atoms with Gasteiger partial charge in [0.1, 0.15) is 5.82 Å².